The summed E-state index contributed by atoms with van der Waals surface area (Å²) in [5.41, 5.74) is 11.8. The van der Waals surface area contributed by atoms with Crippen molar-refractivity contribution in [1.29, 1.82) is 0 Å². The Morgan fingerprint density at radius 2 is 1.89 bits per heavy atom. The molecule has 7 rings (SSSR count). The molecule has 0 N–H and O–H groups in total. The Hall–Kier alpha value is -4.09. The first-order valence-corrected chi connectivity index (χ1v) is 21.0. The zero-order valence-electron chi connectivity index (χ0n) is 28.9. The number of aryl methyl sites for hydroxylation is 1. The summed E-state index contributed by atoms with van der Waals surface area (Å²) >= 11 is 0. The molecular formula is C42H48N3OSi+. The lowest BCUT2D eigenvalue weighted by molar-refractivity contribution is -0.717. The molecule has 0 spiro atoms. The molecular weight excluding hydrogens is 591 g/mol. The second-order valence-electron chi connectivity index (χ2n) is 14.9. The molecule has 0 amide bonds. The first-order valence-electron chi connectivity index (χ1n) is 17.5. The fourth-order valence-corrected chi connectivity index (χ4v) is 9.62. The molecule has 0 radical (unpaired) electrons. The lowest BCUT2D eigenvalue weighted by atomic mass is 9.77. The van der Waals surface area contributed by atoms with Crippen LogP contribution < -0.4 is 9.75 Å². The van der Waals surface area contributed by atoms with Crippen LogP contribution in [0.25, 0.3) is 33.3 Å². The molecule has 2 atom stereocenters. The number of pyridine rings is 2. The third-order valence-corrected chi connectivity index (χ3v) is 12.3. The van der Waals surface area contributed by atoms with Gasteiger partial charge in [0.2, 0.25) is 11.4 Å². The van der Waals surface area contributed by atoms with Gasteiger partial charge in [-0.05, 0) is 71.7 Å². The Bertz CT molecular complexity index is 2060. The Morgan fingerprint density at radius 3 is 2.68 bits per heavy atom. The number of aromatic nitrogens is 2. The van der Waals surface area contributed by atoms with E-state index in [4.69, 9.17) is 9.41 Å². The van der Waals surface area contributed by atoms with E-state index in [1.807, 2.05) is 12.3 Å². The molecule has 0 saturated heterocycles. The number of benzene rings is 2. The third-order valence-electron chi connectivity index (χ3n) is 10.2. The standard InChI is InChI=1S/C42H48N3OSi/c1-8-9-10-17-36-40-29(19-21-33-34-16-13-22-43-42(34)46-41(33)40)18-20-32-30-14-11-12-15-31(30)38-24-35(27(2)3)39(47(5,6)7)26-45(38)37(32)23-28(4)25-44-36/h10-17,19,21-22,24,26-27,32,37H,4,8-9,18,20,23,25H2,1-3,5-7H3/q+1/b17-10-,44-36-. The summed E-state index contributed by atoms with van der Waals surface area (Å²) in [7, 11) is -1.61. The number of fused-ring (bicyclic) bond motifs is 11. The largest absolute Gasteiger partial charge is 0.437 e. The quantitative estimate of drug-likeness (QED) is 0.109. The minimum absolute atomic E-state index is 0.277. The van der Waals surface area contributed by atoms with E-state index in [-0.39, 0.29) is 6.04 Å². The lowest BCUT2D eigenvalue weighted by Crippen LogP contribution is -2.54. The maximum absolute atomic E-state index is 6.55. The Kier molecular flexibility index (Phi) is 8.38. The van der Waals surface area contributed by atoms with E-state index in [1.54, 1.807) is 5.19 Å². The minimum Gasteiger partial charge on any atom is -0.437 e. The number of rotatable bonds is 5. The van der Waals surface area contributed by atoms with Crippen LogP contribution in [0.15, 0.2) is 101 Å². The fraction of sp³-hybridized carbons (Fsp3) is 0.357. The molecule has 3 aromatic heterocycles. The summed E-state index contributed by atoms with van der Waals surface area (Å²) in [4.78, 5) is 9.89. The van der Waals surface area contributed by atoms with Gasteiger partial charge in [0.1, 0.15) is 5.58 Å². The summed E-state index contributed by atoms with van der Waals surface area (Å²) in [5.74, 6) is 0.822. The maximum atomic E-state index is 6.55. The van der Waals surface area contributed by atoms with Crippen molar-refractivity contribution >= 4 is 41.0 Å². The van der Waals surface area contributed by atoms with E-state index in [2.05, 4.69) is 123 Å². The van der Waals surface area contributed by atoms with Gasteiger partial charge in [0.05, 0.1) is 20.3 Å². The number of furan rings is 1. The van der Waals surface area contributed by atoms with Crippen LogP contribution in [0.4, 0.5) is 0 Å². The Morgan fingerprint density at radius 1 is 1.06 bits per heavy atom. The minimum atomic E-state index is -1.61. The van der Waals surface area contributed by atoms with E-state index in [1.165, 1.54) is 33.5 Å². The molecule has 2 aliphatic rings. The summed E-state index contributed by atoms with van der Waals surface area (Å²) in [6, 6.07) is 20.6. The lowest BCUT2D eigenvalue weighted by Gasteiger charge is -2.33. The van der Waals surface area contributed by atoms with Crippen molar-refractivity contribution in [3.05, 3.63) is 114 Å². The normalized spacial score (nSPS) is 19.6. The molecule has 2 aromatic carbocycles. The van der Waals surface area contributed by atoms with Crippen molar-refractivity contribution in [2.24, 2.45) is 4.99 Å². The highest BCUT2D eigenvalue weighted by molar-refractivity contribution is 6.89. The number of aliphatic imine (C=N–C) groups is 1. The van der Waals surface area contributed by atoms with Crippen molar-refractivity contribution in [2.75, 3.05) is 6.54 Å². The van der Waals surface area contributed by atoms with Crippen molar-refractivity contribution in [1.82, 2.24) is 4.98 Å². The summed E-state index contributed by atoms with van der Waals surface area (Å²) in [6.45, 7) is 19.6. The zero-order chi connectivity index (χ0) is 32.9. The zero-order valence-corrected chi connectivity index (χ0v) is 29.9. The molecule has 47 heavy (non-hydrogen) atoms. The summed E-state index contributed by atoms with van der Waals surface area (Å²) in [5, 5.41) is 3.72. The molecule has 0 fully saturated rings. The van der Waals surface area contributed by atoms with E-state index in [9.17, 15) is 0 Å². The predicted octanol–water partition coefficient (Wildman–Crippen LogP) is 9.98. The predicted molar refractivity (Wildman–Crippen MR) is 200 cm³/mol. The van der Waals surface area contributed by atoms with Gasteiger partial charge in [-0.15, -0.1) is 0 Å². The van der Waals surface area contributed by atoms with Crippen molar-refractivity contribution < 1.29 is 8.98 Å². The first kappa shape index (κ1) is 31.5. The fourth-order valence-electron chi connectivity index (χ4n) is 7.87. The van der Waals surface area contributed by atoms with Gasteiger partial charge in [0.15, 0.2) is 12.2 Å². The molecule has 4 nitrogen and oxygen atoms in total. The number of hydrogen-bond acceptors (Lipinski definition) is 3. The van der Waals surface area contributed by atoms with Crippen LogP contribution >= 0.6 is 0 Å². The molecule has 0 saturated carbocycles. The molecule has 0 aliphatic carbocycles. The van der Waals surface area contributed by atoms with E-state index >= 15 is 0 Å². The topological polar surface area (TPSA) is 42.3 Å². The highest BCUT2D eigenvalue weighted by atomic mass is 28.3. The first-order chi connectivity index (χ1) is 22.7. The van der Waals surface area contributed by atoms with Gasteiger partial charge in [0, 0.05) is 51.7 Å². The van der Waals surface area contributed by atoms with Gasteiger partial charge in [-0.3, -0.25) is 4.99 Å². The van der Waals surface area contributed by atoms with Crippen LogP contribution in [-0.4, -0.2) is 25.3 Å². The molecule has 240 valence electrons. The van der Waals surface area contributed by atoms with Crippen molar-refractivity contribution in [3.63, 3.8) is 0 Å². The molecule has 2 unspecified atom stereocenters. The number of unbranched alkanes of at least 4 members (excludes halogenated alkanes) is 1. The molecule has 0 bridgehead atoms. The highest BCUT2D eigenvalue weighted by Gasteiger charge is 2.42. The molecule has 2 aliphatic heterocycles. The smallest absolute Gasteiger partial charge is 0.227 e. The van der Waals surface area contributed by atoms with E-state index in [0.29, 0.717) is 24.1 Å². The van der Waals surface area contributed by atoms with Crippen molar-refractivity contribution in [2.45, 2.75) is 90.4 Å². The number of hydrogen-bond donors (Lipinski definition) is 0. The van der Waals surface area contributed by atoms with Crippen molar-refractivity contribution in [3.8, 4) is 11.3 Å². The van der Waals surface area contributed by atoms with Gasteiger partial charge in [-0.2, -0.15) is 4.57 Å². The van der Waals surface area contributed by atoms with E-state index in [0.717, 1.165) is 59.7 Å². The number of allylic oxidation sites excluding steroid dienone is 2. The van der Waals surface area contributed by atoms with Crippen LogP contribution in [0.2, 0.25) is 19.6 Å². The van der Waals surface area contributed by atoms with Crippen LogP contribution in [0.3, 0.4) is 0 Å². The van der Waals surface area contributed by atoms with Crippen LogP contribution in [0, 0.1) is 0 Å². The third kappa shape index (κ3) is 5.73. The second-order valence-corrected chi connectivity index (χ2v) is 20.0. The number of nitrogens with zero attached hydrogens (tertiary/aromatic N) is 3. The summed E-state index contributed by atoms with van der Waals surface area (Å²) in [6.07, 6.45) is 13.8. The van der Waals surface area contributed by atoms with Gasteiger partial charge in [-0.1, -0.05) is 89.8 Å². The van der Waals surface area contributed by atoms with Gasteiger partial charge >= 0.3 is 0 Å². The van der Waals surface area contributed by atoms with Crippen LogP contribution in [0.1, 0.15) is 86.6 Å². The Labute approximate surface area is 281 Å². The summed E-state index contributed by atoms with van der Waals surface area (Å²) < 4.78 is 9.20. The molecule has 5 heteroatoms. The Balaban J connectivity index is 1.43. The SMILES string of the molecule is C=C1C/N=C(/C=C\CCC)c2c(ccc3c2oc2ncccc23)CCC2c3ccccc3-c3cc(C(C)C)c([Si](C)(C)C)c[n+]3C2C1. The molecule has 5 aromatic rings. The van der Waals surface area contributed by atoms with E-state index < -0.39 is 8.07 Å². The monoisotopic (exact) mass is 638 g/mol. The second kappa shape index (κ2) is 12.5. The van der Waals surface area contributed by atoms with Gasteiger partial charge < -0.3 is 4.42 Å². The average Bonchev–Trinajstić information content (AvgIpc) is 3.42. The average molecular weight is 639 g/mol. The van der Waals surface area contributed by atoms with Crippen LogP contribution in [-0.2, 0) is 6.42 Å². The highest BCUT2D eigenvalue weighted by Crippen LogP contribution is 2.44. The van der Waals surface area contributed by atoms with Crippen LogP contribution in [0.5, 0.6) is 0 Å². The molecule has 5 heterocycles. The van der Waals surface area contributed by atoms with Gasteiger partial charge in [-0.25, -0.2) is 4.98 Å². The maximum Gasteiger partial charge on any atom is 0.227 e. The van der Waals surface area contributed by atoms with Gasteiger partial charge in [0.25, 0.3) is 0 Å².